The van der Waals surface area contributed by atoms with Crippen LogP contribution in [0, 0.1) is 0 Å². The van der Waals surface area contributed by atoms with Crippen molar-refractivity contribution >= 4 is 10.0 Å². The smallest absolute Gasteiger partial charge is 0.220 e. The molecule has 0 heterocycles. The molecule has 0 unspecified atom stereocenters. The first-order valence-electron chi connectivity index (χ1n) is 7.61. The Balaban J connectivity index is 2.31. The molecule has 0 aliphatic rings. The van der Waals surface area contributed by atoms with E-state index in [9.17, 15) is 8.42 Å². The van der Waals surface area contributed by atoms with Crippen molar-refractivity contribution in [1.29, 1.82) is 0 Å². The average molecular weight is 333 g/mol. The van der Waals surface area contributed by atoms with E-state index in [2.05, 4.69) is 4.72 Å². The molecule has 0 spiro atoms. The lowest BCUT2D eigenvalue weighted by Gasteiger charge is -2.25. The van der Waals surface area contributed by atoms with Gasteiger partial charge in [-0.2, -0.15) is 0 Å². The summed E-state index contributed by atoms with van der Waals surface area (Å²) >= 11 is 0. The van der Waals surface area contributed by atoms with Crippen molar-refractivity contribution in [2.75, 3.05) is 6.54 Å². The topological polar surface area (TPSA) is 66.4 Å². The molecule has 0 amide bonds. The van der Waals surface area contributed by atoms with Gasteiger partial charge in [0.1, 0.15) is 4.75 Å². The molecule has 0 atom stereocenters. The van der Waals surface area contributed by atoms with Crippen molar-refractivity contribution in [2.24, 2.45) is 0 Å². The van der Waals surface area contributed by atoms with E-state index in [-0.39, 0.29) is 6.61 Å². The van der Waals surface area contributed by atoms with E-state index in [1.165, 1.54) is 0 Å². The minimum absolute atomic E-state index is 0.0235. The summed E-state index contributed by atoms with van der Waals surface area (Å²) in [5, 5.41) is 9.08. The van der Waals surface area contributed by atoms with Crippen LogP contribution in [0.5, 0.6) is 0 Å². The summed E-state index contributed by atoms with van der Waals surface area (Å²) < 4.78 is 26.3. The fourth-order valence-corrected chi connectivity index (χ4v) is 3.58. The van der Waals surface area contributed by atoms with Crippen molar-refractivity contribution in [3.05, 3.63) is 59.7 Å². The van der Waals surface area contributed by atoms with Gasteiger partial charge >= 0.3 is 0 Å². The van der Waals surface area contributed by atoms with Gasteiger partial charge in [0.25, 0.3) is 0 Å². The SMILES string of the molecule is CCNS(=O)(=O)C(C)(C)c1ccc(-c2ccc(CO)cc2)cc1. The maximum Gasteiger partial charge on any atom is 0.220 e. The monoisotopic (exact) mass is 333 g/mol. The predicted molar refractivity (Wildman–Crippen MR) is 93.4 cm³/mol. The van der Waals surface area contributed by atoms with Crippen LogP contribution < -0.4 is 4.72 Å². The normalized spacial score (nSPS) is 12.3. The van der Waals surface area contributed by atoms with Crippen LogP contribution in [-0.2, 0) is 21.4 Å². The zero-order chi connectivity index (χ0) is 17.1. The molecule has 0 radical (unpaired) electrons. The Morgan fingerprint density at radius 3 is 1.87 bits per heavy atom. The van der Waals surface area contributed by atoms with Crippen LogP contribution in [0.4, 0.5) is 0 Å². The second-order valence-corrected chi connectivity index (χ2v) is 8.26. The number of sulfonamides is 1. The van der Waals surface area contributed by atoms with Gasteiger partial charge in [0.15, 0.2) is 0 Å². The standard InChI is InChI=1S/C18H23NO3S/c1-4-19-23(21,22)18(2,3)17-11-9-16(10-12-17)15-7-5-14(13-20)6-8-15/h5-12,19-20H,4,13H2,1-3H3. The highest BCUT2D eigenvalue weighted by Gasteiger charge is 2.35. The zero-order valence-electron chi connectivity index (χ0n) is 13.7. The van der Waals surface area contributed by atoms with Crippen molar-refractivity contribution in [3.8, 4) is 11.1 Å². The molecule has 2 N–H and O–H groups in total. The van der Waals surface area contributed by atoms with Gasteiger partial charge < -0.3 is 5.11 Å². The molecule has 0 aliphatic carbocycles. The van der Waals surface area contributed by atoms with E-state index in [0.29, 0.717) is 6.54 Å². The first kappa shape index (κ1) is 17.7. The number of aliphatic hydroxyl groups excluding tert-OH is 1. The molecule has 2 rings (SSSR count). The van der Waals surface area contributed by atoms with Gasteiger partial charge in [-0.25, -0.2) is 13.1 Å². The van der Waals surface area contributed by atoms with Crippen LogP contribution in [0.15, 0.2) is 48.5 Å². The van der Waals surface area contributed by atoms with Crippen LogP contribution in [0.3, 0.4) is 0 Å². The molecule has 0 fully saturated rings. The third-order valence-electron chi connectivity index (χ3n) is 4.06. The second-order valence-electron chi connectivity index (χ2n) is 5.94. The van der Waals surface area contributed by atoms with Gasteiger partial charge in [-0.05, 0) is 36.1 Å². The summed E-state index contributed by atoms with van der Waals surface area (Å²) in [4.78, 5) is 0. The zero-order valence-corrected chi connectivity index (χ0v) is 14.5. The van der Waals surface area contributed by atoms with Gasteiger partial charge in [-0.3, -0.25) is 0 Å². The highest BCUT2D eigenvalue weighted by atomic mass is 32.2. The fraction of sp³-hybridized carbons (Fsp3) is 0.333. The van der Waals surface area contributed by atoms with E-state index >= 15 is 0 Å². The first-order chi connectivity index (χ1) is 10.8. The Labute approximate surface area is 138 Å². The summed E-state index contributed by atoms with van der Waals surface area (Å²) in [6.07, 6.45) is 0. The number of hydrogen-bond donors (Lipinski definition) is 2. The number of benzene rings is 2. The van der Waals surface area contributed by atoms with Crippen LogP contribution in [0.1, 0.15) is 31.9 Å². The number of rotatable bonds is 6. The average Bonchev–Trinajstić information content (AvgIpc) is 2.55. The largest absolute Gasteiger partial charge is 0.392 e. The minimum Gasteiger partial charge on any atom is -0.392 e. The van der Waals surface area contributed by atoms with Crippen molar-refractivity contribution in [1.82, 2.24) is 4.72 Å². The van der Waals surface area contributed by atoms with Gasteiger partial charge in [0.2, 0.25) is 10.0 Å². The second kappa shape index (κ2) is 6.83. The third-order valence-corrected chi connectivity index (χ3v) is 6.30. The van der Waals surface area contributed by atoms with Crippen LogP contribution in [0.25, 0.3) is 11.1 Å². The molecular formula is C18H23NO3S. The Hall–Kier alpha value is -1.69. The molecule has 124 valence electrons. The fourth-order valence-electron chi connectivity index (χ4n) is 2.39. The van der Waals surface area contributed by atoms with Crippen LogP contribution in [-0.4, -0.2) is 20.1 Å². The summed E-state index contributed by atoms with van der Waals surface area (Å²) in [6, 6.07) is 15.2. The molecule has 4 nitrogen and oxygen atoms in total. The van der Waals surface area contributed by atoms with E-state index in [4.69, 9.17) is 5.11 Å². The quantitative estimate of drug-likeness (QED) is 0.854. The van der Waals surface area contributed by atoms with E-state index in [0.717, 1.165) is 22.3 Å². The Morgan fingerprint density at radius 1 is 0.957 bits per heavy atom. The van der Waals surface area contributed by atoms with Gasteiger partial charge in [-0.1, -0.05) is 55.5 Å². The van der Waals surface area contributed by atoms with Crippen molar-refractivity contribution < 1.29 is 13.5 Å². The maximum atomic E-state index is 12.3. The molecule has 23 heavy (non-hydrogen) atoms. The lowest BCUT2D eigenvalue weighted by molar-refractivity contribution is 0.282. The van der Waals surface area contributed by atoms with E-state index in [1.54, 1.807) is 20.8 Å². The molecule has 2 aromatic carbocycles. The number of nitrogens with one attached hydrogen (secondary N) is 1. The molecule has 0 aromatic heterocycles. The highest BCUT2D eigenvalue weighted by Crippen LogP contribution is 2.30. The van der Waals surface area contributed by atoms with Crippen molar-refractivity contribution in [2.45, 2.75) is 32.1 Å². The summed E-state index contributed by atoms with van der Waals surface area (Å²) in [5.74, 6) is 0. The third kappa shape index (κ3) is 3.63. The number of hydrogen-bond acceptors (Lipinski definition) is 3. The van der Waals surface area contributed by atoms with E-state index < -0.39 is 14.8 Å². The molecule has 0 saturated carbocycles. The van der Waals surface area contributed by atoms with Crippen LogP contribution in [0.2, 0.25) is 0 Å². The maximum absolute atomic E-state index is 12.3. The minimum atomic E-state index is -3.43. The molecule has 5 heteroatoms. The summed E-state index contributed by atoms with van der Waals surface area (Å²) in [7, 11) is -3.43. The van der Waals surface area contributed by atoms with Crippen molar-refractivity contribution in [3.63, 3.8) is 0 Å². The summed E-state index contributed by atoms with van der Waals surface area (Å²) in [6.45, 7) is 5.58. The Bertz CT molecular complexity index is 748. The number of aliphatic hydroxyl groups is 1. The van der Waals surface area contributed by atoms with E-state index in [1.807, 2.05) is 48.5 Å². The first-order valence-corrected chi connectivity index (χ1v) is 9.10. The molecule has 0 bridgehead atoms. The molecule has 0 aliphatic heterocycles. The summed E-state index contributed by atoms with van der Waals surface area (Å²) in [5.41, 5.74) is 3.65. The van der Waals surface area contributed by atoms with Gasteiger partial charge in [0, 0.05) is 6.54 Å². The Morgan fingerprint density at radius 2 is 1.43 bits per heavy atom. The van der Waals surface area contributed by atoms with Gasteiger partial charge in [-0.15, -0.1) is 0 Å². The highest BCUT2D eigenvalue weighted by molar-refractivity contribution is 7.90. The lowest BCUT2D eigenvalue weighted by Crippen LogP contribution is -2.39. The molecular weight excluding hydrogens is 310 g/mol. The van der Waals surface area contributed by atoms with Crippen LogP contribution >= 0.6 is 0 Å². The van der Waals surface area contributed by atoms with Gasteiger partial charge in [0.05, 0.1) is 6.61 Å². The predicted octanol–water partition coefficient (Wildman–Crippen LogP) is 3.02. The molecule has 0 saturated heterocycles. The lowest BCUT2D eigenvalue weighted by atomic mass is 9.98. The molecule has 2 aromatic rings. The Kier molecular flexibility index (Phi) is 5.24.